The van der Waals surface area contributed by atoms with Crippen LogP contribution in [0.2, 0.25) is 0 Å². The van der Waals surface area contributed by atoms with Gasteiger partial charge in [-0.1, -0.05) is 0 Å². The van der Waals surface area contributed by atoms with Gasteiger partial charge in [0.15, 0.2) is 0 Å². The molecule has 1 aliphatic carbocycles. The van der Waals surface area contributed by atoms with Gasteiger partial charge in [0.05, 0.1) is 24.8 Å². The Morgan fingerprint density at radius 2 is 2.44 bits per heavy atom. The van der Waals surface area contributed by atoms with E-state index in [4.69, 9.17) is 10.5 Å². The molecule has 1 aliphatic heterocycles. The van der Waals surface area contributed by atoms with Crippen LogP contribution in [0.5, 0.6) is 0 Å². The van der Waals surface area contributed by atoms with Crippen LogP contribution in [0.15, 0.2) is 12.5 Å². The molecule has 1 saturated carbocycles. The second-order valence-corrected chi connectivity index (χ2v) is 5.58. The van der Waals surface area contributed by atoms with E-state index in [1.165, 1.54) is 12.8 Å². The van der Waals surface area contributed by atoms with Gasteiger partial charge in [-0.3, -0.25) is 0 Å². The van der Waals surface area contributed by atoms with Crippen molar-refractivity contribution in [2.45, 2.75) is 37.8 Å². The minimum Gasteiger partial charge on any atom is -0.386 e. The van der Waals surface area contributed by atoms with E-state index in [2.05, 4.69) is 9.55 Å². The van der Waals surface area contributed by atoms with Gasteiger partial charge in [0.2, 0.25) is 0 Å². The molecule has 1 aromatic heterocycles. The van der Waals surface area contributed by atoms with E-state index < -0.39 is 6.10 Å². The molecule has 18 heavy (non-hydrogen) atoms. The molecule has 3 rings (SSSR count). The third-order valence-corrected chi connectivity index (χ3v) is 4.26. The molecule has 0 radical (unpaired) electrons. The number of rotatable bonds is 4. The van der Waals surface area contributed by atoms with E-state index in [-0.39, 0.29) is 5.41 Å². The van der Waals surface area contributed by atoms with Gasteiger partial charge < -0.3 is 20.1 Å². The fraction of sp³-hybridized carbons (Fsp3) is 0.769. The minimum atomic E-state index is -0.578. The van der Waals surface area contributed by atoms with Crippen LogP contribution < -0.4 is 5.73 Å². The fourth-order valence-corrected chi connectivity index (χ4v) is 2.86. The summed E-state index contributed by atoms with van der Waals surface area (Å²) in [6.45, 7) is 1.76. The number of hydrogen-bond donors (Lipinski definition) is 2. The molecule has 100 valence electrons. The summed E-state index contributed by atoms with van der Waals surface area (Å²) in [6, 6.07) is 0.525. The summed E-state index contributed by atoms with van der Waals surface area (Å²) < 4.78 is 7.65. The third kappa shape index (κ3) is 1.96. The molecule has 2 heterocycles. The van der Waals surface area contributed by atoms with Gasteiger partial charge in [0.1, 0.15) is 6.10 Å². The second-order valence-electron chi connectivity index (χ2n) is 5.58. The van der Waals surface area contributed by atoms with Crippen molar-refractivity contribution in [3.63, 3.8) is 0 Å². The van der Waals surface area contributed by atoms with Gasteiger partial charge in [-0.2, -0.15) is 0 Å². The van der Waals surface area contributed by atoms with Crippen molar-refractivity contribution in [3.8, 4) is 0 Å². The molecule has 1 saturated heterocycles. The number of aliphatic hydroxyl groups excluding tert-OH is 1. The molecule has 0 aromatic carbocycles. The van der Waals surface area contributed by atoms with Gasteiger partial charge in [-0.05, 0) is 25.7 Å². The zero-order valence-electron chi connectivity index (χ0n) is 10.6. The van der Waals surface area contributed by atoms with Crippen molar-refractivity contribution in [1.82, 2.24) is 9.55 Å². The maximum Gasteiger partial charge on any atom is 0.105 e. The Bertz CT molecular complexity index is 408. The predicted octanol–water partition coefficient (Wildman–Crippen LogP) is 1.01. The van der Waals surface area contributed by atoms with Crippen molar-refractivity contribution >= 4 is 0 Å². The lowest BCUT2D eigenvalue weighted by Gasteiger charge is -2.40. The molecular weight excluding hydrogens is 230 g/mol. The van der Waals surface area contributed by atoms with Crippen molar-refractivity contribution in [1.29, 1.82) is 0 Å². The maximum absolute atomic E-state index is 10.7. The normalized spacial score (nSPS) is 30.3. The molecule has 5 heteroatoms. The van der Waals surface area contributed by atoms with E-state index in [1.807, 2.05) is 6.33 Å². The van der Waals surface area contributed by atoms with Crippen LogP contribution in [0.1, 0.15) is 43.5 Å². The van der Waals surface area contributed by atoms with E-state index in [9.17, 15) is 5.11 Å². The maximum atomic E-state index is 10.7. The van der Waals surface area contributed by atoms with Crippen LogP contribution in [0, 0.1) is 5.41 Å². The van der Waals surface area contributed by atoms with Gasteiger partial charge in [-0.15, -0.1) is 0 Å². The highest BCUT2D eigenvalue weighted by molar-refractivity contribution is 5.12. The van der Waals surface area contributed by atoms with E-state index in [0.29, 0.717) is 19.2 Å². The van der Waals surface area contributed by atoms with Crippen molar-refractivity contribution in [3.05, 3.63) is 18.2 Å². The smallest absolute Gasteiger partial charge is 0.105 e. The van der Waals surface area contributed by atoms with Gasteiger partial charge in [-0.25, -0.2) is 4.98 Å². The molecule has 2 fully saturated rings. The standard InChI is InChI=1S/C13H21N3O2/c14-7-13(4-1-5-18-8-13)12(17)11-6-15-9-16(11)10-2-3-10/h6,9-10,12,17H,1-5,7-8,14H2. The quantitative estimate of drug-likeness (QED) is 0.837. The average molecular weight is 251 g/mol. The lowest BCUT2D eigenvalue weighted by atomic mass is 9.76. The van der Waals surface area contributed by atoms with Crippen LogP contribution in [-0.4, -0.2) is 34.4 Å². The number of aromatic nitrogens is 2. The van der Waals surface area contributed by atoms with Crippen LogP contribution in [0.25, 0.3) is 0 Å². The van der Waals surface area contributed by atoms with Gasteiger partial charge in [0.25, 0.3) is 0 Å². The topological polar surface area (TPSA) is 73.3 Å². The Hall–Kier alpha value is -0.910. The summed E-state index contributed by atoms with van der Waals surface area (Å²) in [5.74, 6) is 0. The molecule has 0 amide bonds. The number of ether oxygens (including phenoxy) is 1. The monoisotopic (exact) mass is 251 g/mol. The van der Waals surface area contributed by atoms with Gasteiger partial charge >= 0.3 is 0 Å². The molecule has 2 aliphatic rings. The van der Waals surface area contributed by atoms with Crippen LogP contribution in [-0.2, 0) is 4.74 Å². The SMILES string of the molecule is NCC1(C(O)c2cncn2C2CC2)CCCOC1. The summed E-state index contributed by atoms with van der Waals surface area (Å²) in [4.78, 5) is 4.19. The highest BCUT2D eigenvalue weighted by atomic mass is 16.5. The molecule has 2 unspecified atom stereocenters. The number of imidazole rings is 1. The number of nitrogens with zero attached hydrogens (tertiary/aromatic N) is 2. The number of nitrogens with two attached hydrogens (primary N) is 1. The first kappa shape index (κ1) is 12.1. The van der Waals surface area contributed by atoms with Crippen molar-refractivity contribution in [2.24, 2.45) is 11.1 Å². The molecule has 5 nitrogen and oxygen atoms in total. The molecule has 2 atom stereocenters. The first-order chi connectivity index (χ1) is 8.77. The number of hydrogen-bond acceptors (Lipinski definition) is 4. The first-order valence-corrected chi connectivity index (χ1v) is 6.74. The largest absolute Gasteiger partial charge is 0.386 e. The van der Waals surface area contributed by atoms with Crippen LogP contribution in [0.3, 0.4) is 0 Å². The number of aliphatic hydroxyl groups is 1. The van der Waals surface area contributed by atoms with Crippen LogP contribution >= 0.6 is 0 Å². The zero-order valence-corrected chi connectivity index (χ0v) is 10.6. The fourth-order valence-electron chi connectivity index (χ4n) is 2.86. The summed E-state index contributed by atoms with van der Waals surface area (Å²) in [7, 11) is 0. The Kier molecular flexibility index (Phi) is 3.13. The molecule has 3 N–H and O–H groups in total. The molecular formula is C13H21N3O2. The first-order valence-electron chi connectivity index (χ1n) is 6.74. The molecule has 0 spiro atoms. The summed E-state index contributed by atoms with van der Waals surface area (Å²) in [5.41, 5.74) is 6.47. The molecule has 1 aromatic rings. The Morgan fingerprint density at radius 3 is 3.06 bits per heavy atom. The summed E-state index contributed by atoms with van der Waals surface area (Å²) >= 11 is 0. The van der Waals surface area contributed by atoms with Crippen LogP contribution in [0.4, 0.5) is 0 Å². The van der Waals surface area contributed by atoms with Crippen molar-refractivity contribution < 1.29 is 9.84 Å². The Balaban J connectivity index is 1.87. The second kappa shape index (κ2) is 4.64. The van der Waals surface area contributed by atoms with E-state index in [1.54, 1.807) is 6.20 Å². The molecule has 0 bridgehead atoms. The van der Waals surface area contributed by atoms with E-state index in [0.717, 1.165) is 25.1 Å². The van der Waals surface area contributed by atoms with E-state index >= 15 is 0 Å². The average Bonchev–Trinajstić information content (AvgIpc) is 3.16. The van der Waals surface area contributed by atoms with Gasteiger partial charge in [0, 0.05) is 24.6 Å². The predicted molar refractivity (Wildman–Crippen MR) is 67.0 cm³/mol. The van der Waals surface area contributed by atoms with Crippen molar-refractivity contribution in [2.75, 3.05) is 19.8 Å². The Morgan fingerprint density at radius 1 is 1.61 bits per heavy atom. The minimum absolute atomic E-state index is 0.342. The lowest BCUT2D eigenvalue weighted by Crippen LogP contribution is -2.44. The highest BCUT2D eigenvalue weighted by Gasteiger charge is 2.42. The lowest BCUT2D eigenvalue weighted by molar-refractivity contribution is -0.0808. The Labute approximate surface area is 107 Å². The third-order valence-electron chi connectivity index (χ3n) is 4.26. The summed E-state index contributed by atoms with van der Waals surface area (Å²) in [6.07, 6.45) is 7.27. The summed E-state index contributed by atoms with van der Waals surface area (Å²) in [5, 5.41) is 10.7. The zero-order chi connectivity index (χ0) is 12.6. The highest BCUT2D eigenvalue weighted by Crippen LogP contribution is 2.43.